The van der Waals surface area contributed by atoms with Gasteiger partial charge >= 0.3 is 0 Å². The minimum atomic E-state index is -1.58. The summed E-state index contributed by atoms with van der Waals surface area (Å²) < 4.78 is 19.0. The van der Waals surface area contributed by atoms with E-state index >= 15 is 0 Å². The lowest BCUT2D eigenvalue weighted by atomic mass is 10.0. The van der Waals surface area contributed by atoms with E-state index in [4.69, 9.17) is 10.5 Å². The third kappa shape index (κ3) is 3.82. The first-order valence-electron chi connectivity index (χ1n) is 9.77. The first-order chi connectivity index (χ1) is 14.6. The number of carbonyl (C=O) groups excluding carboxylic acids is 1. The van der Waals surface area contributed by atoms with Gasteiger partial charge in [-0.3, -0.25) is 4.79 Å². The highest BCUT2D eigenvalue weighted by atomic mass is 19.1. The van der Waals surface area contributed by atoms with Crippen molar-refractivity contribution in [3.63, 3.8) is 0 Å². The number of halogens is 1. The van der Waals surface area contributed by atoms with Crippen LogP contribution in [-0.2, 0) is 4.79 Å². The second kappa shape index (κ2) is 8.47. The predicted octanol–water partition coefficient (Wildman–Crippen LogP) is 4.28. The SMILES string of the molecule is CC(F)C(=O)Nc1ccc2c(c1)C(=Cc1cccnc1OCCN)c1ccccc1-2. The van der Waals surface area contributed by atoms with Crippen LogP contribution >= 0.6 is 0 Å². The van der Waals surface area contributed by atoms with Crippen LogP contribution in [0.2, 0.25) is 0 Å². The summed E-state index contributed by atoms with van der Waals surface area (Å²) in [6.07, 6.45) is 2.12. The van der Waals surface area contributed by atoms with E-state index in [-0.39, 0.29) is 0 Å². The van der Waals surface area contributed by atoms with Crippen LogP contribution in [0.5, 0.6) is 5.88 Å². The molecular weight excluding hydrogens is 381 g/mol. The molecule has 1 heterocycles. The topological polar surface area (TPSA) is 77.2 Å². The maximum absolute atomic E-state index is 13.3. The maximum Gasteiger partial charge on any atom is 0.258 e. The minimum Gasteiger partial charge on any atom is -0.476 e. The lowest BCUT2D eigenvalue weighted by Crippen LogP contribution is -2.21. The average Bonchev–Trinajstić information content (AvgIpc) is 3.06. The summed E-state index contributed by atoms with van der Waals surface area (Å²) in [5.74, 6) is -0.155. The molecule has 0 radical (unpaired) electrons. The summed E-state index contributed by atoms with van der Waals surface area (Å²) in [6.45, 7) is 1.99. The van der Waals surface area contributed by atoms with E-state index < -0.39 is 12.1 Å². The fraction of sp³-hybridized carbons (Fsp3) is 0.167. The third-order valence-electron chi connectivity index (χ3n) is 4.90. The number of anilines is 1. The number of rotatable bonds is 6. The predicted molar refractivity (Wildman–Crippen MR) is 117 cm³/mol. The van der Waals surface area contributed by atoms with E-state index in [9.17, 15) is 9.18 Å². The van der Waals surface area contributed by atoms with Crippen molar-refractivity contribution in [1.29, 1.82) is 0 Å². The zero-order valence-electron chi connectivity index (χ0n) is 16.6. The van der Waals surface area contributed by atoms with Gasteiger partial charge in [-0.25, -0.2) is 9.37 Å². The maximum atomic E-state index is 13.3. The van der Waals surface area contributed by atoms with Crippen molar-refractivity contribution >= 4 is 23.2 Å². The number of hydrogen-bond acceptors (Lipinski definition) is 4. The first kappa shape index (κ1) is 19.8. The molecule has 2 aromatic carbocycles. The van der Waals surface area contributed by atoms with Crippen LogP contribution < -0.4 is 15.8 Å². The lowest BCUT2D eigenvalue weighted by molar-refractivity contribution is -0.120. The van der Waals surface area contributed by atoms with Crippen LogP contribution in [0.1, 0.15) is 23.6 Å². The van der Waals surface area contributed by atoms with Crippen molar-refractivity contribution in [3.8, 4) is 17.0 Å². The average molecular weight is 403 g/mol. The highest BCUT2D eigenvalue weighted by Gasteiger charge is 2.24. The summed E-state index contributed by atoms with van der Waals surface area (Å²) in [7, 11) is 0. The molecule has 1 unspecified atom stereocenters. The van der Waals surface area contributed by atoms with Gasteiger partial charge < -0.3 is 15.8 Å². The quantitative estimate of drug-likeness (QED) is 0.504. The van der Waals surface area contributed by atoms with Crippen LogP contribution in [0.25, 0.3) is 22.8 Å². The Morgan fingerprint density at radius 3 is 2.67 bits per heavy atom. The zero-order chi connectivity index (χ0) is 21.1. The number of alkyl halides is 1. The largest absolute Gasteiger partial charge is 0.476 e. The molecule has 152 valence electrons. The van der Waals surface area contributed by atoms with Gasteiger partial charge in [0.05, 0.1) is 0 Å². The Bertz CT molecular complexity index is 1120. The number of carbonyl (C=O) groups is 1. The number of fused-ring (bicyclic) bond motifs is 3. The van der Waals surface area contributed by atoms with Crippen LogP contribution in [0, 0.1) is 0 Å². The van der Waals surface area contributed by atoms with Gasteiger partial charge in [0.2, 0.25) is 5.88 Å². The summed E-state index contributed by atoms with van der Waals surface area (Å²) in [5, 5.41) is 2.63. The van der Waals surface area contributed by atoms with Gasteiger partial charge in [0.1, 0.15) is 6.61 Å². The fourth-order valence-corrected chi connectivity index (χ4v) is 3.52. The van der Waals surface area contributed by atoms with E-state index in [0.29, 0.717) is 24.7 Å². The van der Waals surface area contributed by atoms with E-state index in [1.165, 1.54) is 6.92 Å². The number of nitrogens with two attached hydrogens (primary N) is 1. The Morgan fingerprint density at radius 2 is 1.90 bits per heavy atom. The van der Waals surface area contributed by atoms with Crippen LogP contribution in [0.15, 0.2) is 60.8 Å². The van der Waals surface area contributed by atoms with Gasteiger partial charge in [-0.1, -0.05) is 30.3 Å². The van der Waals surface area contributed by atoms with Gasteiger partial charge in [-0.15, -0.1) is 0 Å². The van der Waals surface area contributed by atoms with Crippen molar-refractivity contribution in [2.24, 2.45) is 5.73 Å². The van der Waals surface area contributed by atoms with Crippen molar-refractivity contribution in [2.45, 2.75) is 13.1 Å². The number of pyridine rings is 1. The number of aromatic nitrogens is 1. The molecular formula is C24H22FN3O2. The summed E-state index contributed by atoms with van der Waals surface area (Å²) >= 11 is 0. The highest BCUT2D eigenvalue weighted by Crippen LogP contribution is 2.46. The molecule has 0 spiro atoms. The minimum absolute atomic E-state index is 0.373. The molecule has 1 aliphatic carbocycles. The molecule has 4 rings (SSSR count). The molecule has 30 heavy (non-hydrogen) atoms. The van der Waals surface area contributed by atoms with Crippen LogP contribution in [-0.4, -0.2) is 30.2 Å². The zero-order valence-corrected chi connectivity index (χ0v) is 16.6. The number of hydrogen-bond donors (Lipinski definition) is 2. The molecule has 0 aliphatic heterocycles. The van der Waals surface area contributed by atoms with Gasteiger partial charge in [-0.2, -0.15) is 0 Å². The lowest BCUT2D eigenvalue weighted by Gasteiger charge is -2.10. The van der Waals surface area contributed by atoms with E-state index in [0.717, 1.165) is 33.4 Å². The second-order valence-corrected chi connectivity index (χ2v) is 7.00. The van der Waals surface area contributed by atoms with E-state index in [1.54, 1.807) is 12.3 Å². The molecule has 1 amide bonds. The van der Waals surface area contributed by atoms with E-state index in [1.807, 2.05) is 42.5 Å². The summed E-state index contributed by atoms with van der Waals surface area (Å²) in [5.41, 5.74) is 12.1. The molecule has 0 saturated heterocycles. The number of benzene rings is 2. The van der Waals surface area contributed by atoms with Gasteiger partial charge in [0.15, 0.2) is 6.17 Å². The molecule has 3 N–H and O–H groups in total. The number of nitrogens with one attached hydrogen (secondary N) is 1. The van der Waals surface area contributed by atoms with Gasteiger partial charge in [-0.05, 0) is 65.1 Å². The summed E-state index contributed by atoms with van der Waals surface area (Å²) in [4.78, 5) is 16.1. The molecule has 6 heteroatoms. The van der Waals surface area contributed by atoms with Gasteiger partial charge in [0, 0.05) is 24.0 Å². The van der Waals surface area contributed by atoms with Crippen molar-refractivity contribution < 1.29 is 13.9 Å². The van der Waals surface area contributed by atoms with Crippen molar-refractivity contribution in [3.05, 3.63) is 77.5 Å². The normalized spacial score (nSPS) is 14.2. The van der Waals surface area contributed by atoms with E-state index in [2.05, 4.69) is 22.4 Å². The Labute approximate surface area is 174 Å². The standard InChI is InChI=1S/C24H22FN3O2/c1-15(25)23(29)28-17-8-9-20-18-6-2-3-7-19(18)21(22(20)14-17)13-16-5-4-11-27-24(16)30-12-10-26/h2-9,11,13-15H,10,12,26H2,1H3,(H,28,29). The first-order valence-corrected chi connectivity index (χ1v) is 9.77. The monoisotopic (exact) mass is 403 g/mol. The Hall–Kier alpha value is -3.51. The number of nitrogens with zero attached hydrogens (tertiary/aromatic N) is 1. The highest BCUT2D eigenvalue weighted by molar-refractivity contribution is 6.08. The Balaban J connectivity index is 1.81. The molecule has 1 atom stereocenters. The van der Waals surface area contributed by atoms with Crippen molar-refractivity contribution in [1.82, 2.24) is 4.98 Å². The van der Waals surface area contributed by atoms with Crippen molar-refractivity contribution in [2.75, 3.05) is 18.5 Å². The van der Waals surface area contributed by atoms with Gasteiger partial charge in [0.25, 0.3) is 5.91 Å². The fourth-order valence-electron chi connectivity index (χ4n) is 3.52. The molecule has 0 saturated carbocycles. The number of ether oxygens (including phenoxy) is 1. The molecule has 0 bridgehead atoms. The Kier molecular flexibility index (Phi) is 5.59. The molecule has 1 aliphatic rings. The smallest absolute Gasteiger partial charge is 0.258 e. The summed E-state index contributed by atoms with van der Waals surface area (Å²) in [6, 6.07) is 17.5. The van der Waals surface area contributed by atoms with Crippen LogP contribution in [0.3, 0.4) is 0 Å². The molecule has 1 aromatic heterocycles. The second-order valence-electron chi connectivity index (χ2n) is 7.00. The third-order valence-corrected chi connectivity index (χ3v) is 4.90. The molecule has 0 fully saturated rings. The number of amides is 1. The van der Waals surface area contributed by atoms with Crippen LogP contribution in [0.4, 0.5) is 10.1 Å². The molecule has 3 aromatic rings. The Morgan fingerprint density at radius 1 is 1.13 bits per heavy atom. The molecule has 5 nitrogen and oxygen atoms in total.